The molecule has 1 nitrogen and oxygen atoms in total. The summed E-state index contributed by atoms with van der Waals surface area (Å²) in [6.45, 7) is 2.29. The van der Waals surface area contributed by atoms with E-state index in [0.717, 1.165) is 17.9 Å². The lowest BCUT2D eigenvalue weighted by Crippen LogP contribution is -2.35. The Hall–Kier alpha value is -0.600. The third-order valence-corrected chi connectivity index (χ3v) is 4.34. The molecule has 18 heavy (non-hydrogen) atoms. The van der Waals surface area contributed by atoms with Crippen LogP contribution in [0, 0.1) is 17.7 Å². The first kappa shape index (κ1) is 13.8. The van der Waals surface area contributed by atoms with Gasteiger partial charge in [-0.3, -0.25) is 0 Å². The summed E-state index contributed by atoms with van der Waals surface area (Å²) in [5.41, 5.74) is 7.22. The molecule has 1 aliphatic carbocycles. The van der Waals surface area contributed by atoms with E-state index in [1.807, 2.05) is 6.07 Å². The van der Waals surface area contributed by atoms with Crippen LogP contribution in [0.5, 0.6) is 0 Å². The summed E-state index contributed by atoms with van der Waals surface area (Å²) in [4.78, 5) is 0. The SMILES string of the molecule is CC1CCCC(C(N)Cc2ccc(Cl)c(F)c2)C1. The fraction of sp³-hybridized carbons (Fsp3) is 0.600. The second-order valence-corrected chi connectivity index (χ2v) is 6.06. The van der Waals surface area contributed by atoms with Gasteiger partial charge in [0.05, 0.1) is 5.02 Å². The van der Waals surface area contributed by atoms with Crippen molar-refractivity contribution in [3.8, 4) is 0 Å². The van der Waals surface area contributed by atoms with Crippen LogP contribution in [0.15, 0.2) is 18.2 Å². The van der Waals surface area contributed by atoms with E-state index in [2.05, 4.69) is 6.92 Å². The van der Waals surface area contributed by atoms with Gasteiger partial charge in [-0.15, -0.1) is 0 Å². The van der Waals surface area contributed by atoms with Gasteiger partial charge in [0.1, 0.15) is 5.82 Å². The molecule has 0 saturated heterocycles. The first-order valence-corrected chi connectivity index (χ1v) is 7.13. The number of rotatable bonds is 3. The molecule has 3 atom stereocenters. The first-order chi connectivity index (χ1) is 8.56. The Morgan fingerprint density at radius 1 is 1.44 bits per heavy atom. The largest absolute Gasteiger partial charge is 0.327 e. The van der Waals surface area contributed by atoms with Crippen molar-refractivity contribution in [2.75, 3.05) is 0 Å². The second-order valence-electron chi connectivity index (χ2n) is 5.65. The first-order valence-electron chi connectivity index (χ1n) is 6.75. The van der Waals surface area contributed by atoms with E-state index in [9.17, 15) is 4.39 Å². The fourth-order valence-corrected chi connectivity index (χ4v) is 3.09. The quantitative estimate of drug-likeness (QED) is 0.875. The van der Waals surface area contributed by atoms with Gasteiger partial charge in [0.2, 0.25) is 0 Å². The summed E-state index contributed by atoms with van der Waals surface area (Å²) in [6, 6.07) is 5.13. The molecule has 1 aromatic rings. The topological polar surface area (TPSA) is 26.0 Å². The van der Waals surface area contributed by atoms with Crippen LogP contribution < -0.4 is 5.73 Å². The van der Waals surface area contributed by atoms with E-state index in [1.54, 1.807) is 6.07 Å². The fourth-order valence-electron chi connectivity index (χ4n) is 2.98. The Bertz CT molecular complexity index is 407. The normalized spacial score (nSPS) is 26.0. The molecule has 0 bridgehead atoms. The van der Waals surface area contributed by atoms with Crippen molar-refractivity contribution in [3.63, 3.8) is 0 Å². The third-order valence-electron chi connectivity index (χ3n) is 4.04. The molecule has 1 aromatic carbocycles. The van der Waals surface area contributed by atoms with Gasteiger partial charge in [0.25, 0.3) is 0 Å². The van der Waals surface area contributed by atoms with Crippen LogP contribution in [0.1, 0.15) is 38.2 Å². The van der Waals surface area contributed by atoms with Gasteiger partial charge in [-0.25, -0.2) is 4.39 Å². The van der Waals surface area contributed by atoms with E-state index in [4.69, 9.17) is 17.3 Å². The molecule has 2 N–H and O–H groups in total. The average molecular weight is 270 g/mol. The summed E-state index contributed by atoms with van der Waals surface area (Å²) < 4.78 is 13.4. The van der Waals surface area contributed by atoms with Crippen molar-refractivity contribution >= 4 is 11.6 Å². The van der Waals surface area contributed by atoms with Crippen LogP contribution in [0.25, 0.3) is 0 Å². The molecular weight excluding hydrogens is 249 g/mol. The summed E-state index contributed by atoms with van der Waals surface area (Å²) in [5, 5.41) is 0.179. The summed E-state index contributed by atoms with van der Waals surface area (Å²) in [6.07, 6.45) is 5.75. The highest BCUT2D eigenvalue weighted by atomic mass is 35.5. The molecule has 1 aliphatic rings. The van der Waals surface area contributed by atoms with Crippen LogP contribution in [0.2, 0.25) is 5.02 Å². The zero-order chi connectivity index (χ0) is 13.1. The average Bonchev–Trinajstić information content (AvgIpc) is 2.34. The van der Waals surface area contributed by atoms with Crippen molar-refractivity contribution in [3.05, 3.63) is 34.6 Å². The standard InChI is InChI=1S/C15H21ClFN/c1-10-3-2-4-12(7-10)15(18)9-11-5-6-13(16)14(17)8-11/h5-6,8,10,12,15H,2-4,7,9,18H2,1H3. The lowest BCUT2D eigenvalue weighted by atomic mass is 9.77. The van der Waals surface area contributed by atoms with Gasteiger partial charge in [-0.05, 0) is 48.8 Å². The number of nitrogens with two attached hydrogens (primary N) is 1. The van der Waals surface area contributed by atoms with E-state index in [-0.39, 0.29) is 16.9 Å². The molecule has 0 spiro atoms. The van der Waals surface area contributed by atoms with Crippen molar-refractivity contribution in [2.24, 2.45) is 17.6 Å². The van der Waals surface area contributed by atoms with Crippen molar-refractivity contribution < 1.29 is 4.39 Å². The molecule has 0 heterocycles. The minimum absolute atomic E-state index is 0.133. The number of hydrogen-bond donors (Lipinski definition) is 1. The zero-order valence-corrected chi connectivity index (χ0v) is 11.6. The molecule has 1 saturated carbocycles. The number of hydrogen-bond acceptors (Lipinski definition) is 1. The predicted molar refractivity (Wildman–Crippen MR) is 74.2 cm³/mol. The lowest BCUT2D eigenvalue weighted by molar-refractivity contribution is 0.245. The predicted octanol–water partition coefficient (Wildman–Crippen LogP) is 4.18. The Kier molecular flexibility index (Phi) is 4.63. The Labute approximate surface area is 114 Å². The van der Waals surface area contributed by atoms with Crippen LogP contribution in [-0.4, -0.2) is 6.04 Å². The van der Waals surface area contributed by atoms with Gasteiger partial charge in [-0.2, -0.15) is 0 Å². The Morgan fingerprint density at radius 2 is 2.22 bits per heavy atom. The molecule has 100 valence electrons. The van der Waals surface area contributed by atoms with Crippen molar-refractivity contribution in [1.29, 1.82) is 0 Å². The summed E-state index contributed by atoms with van der Waals surface area (Å²) in [7, 11) is 0. The minimum atomic E-state index is -0.349. The maximum Gasteiger partial charge on any atom is 0.142 e. The van der Waals surface area contributed by atoms with Crippen LogP contribution in [0.3, 0.4) is 0 Å². The highest BCUT2D eigenvalue weighted by Gasteiger charge is 2.24. The zero-order valence-electron chi connectivity index (χ0n) is 10.8. The van der Waals surface area contributed by atoms with Crippen LogP contribution in [-0.2, 0) is 6.42 Å². The van der Waals surface area contributed by atoms with E-state index in [0.29, 0.717) is 5.92 Å². The van der Waals surface area contributed by atoms with E-state index < -0.39 is 0 Å². The van der Waals surface area contributed by atoms with Gasteiger partial charge in [-0.1, -0.05) is 37.4 Å². The maximum absolute atomic E-state index is 13.4. The van der Waals surface area contributed by atoms with E-state index >= 15 is 0 Å². The minimum Gasteiger partial charge on any atom is -0.327 e. The summed E-state index contributed by atoms with van der Waals surface area (Å²) in [5.74, 6) is 1.00. The second kappa shape index (κ2) is 6.03. The molecule has 2 rings (SSSR count). The molecule has 0 aliphatic heterocycles. The summed E-state index contributed by atoms with van der Waals surface area (Å²) >= 11 is 5.68. The maximum atomic E-state index is 13.4. The van der Waals surface area contributed by atoms with Crippen molar-refractivity contribution in [1.82, 2.24) is 0 Å². The lowest BCUT2D eigenvalue weighted by Gasteiger charge is -2.31. The molecule has 0 aromatic heterocycles. The molecule has 0 radical (unpaired) electrons. The Balaban J connectivity index is 1.97. The highest BCUT2D eigenvalue weighted by molar-refractivity contribution is 6.30. The van der Waals surface area contributed by atoms with Gasteiger partial charge in [0.15, 0.2) is 0 Å². The smallest absolute Gasteiger partial charge is 0.142 e. The van der Waals surface area contributed by atoms with Crippen LogP contribution >= 0.6 is 11.6 Å². The molecular formula is C15H21ClFN. The van der Waals surface area contributed by atoms with Gasteiger partial charge < -0.3 is 5.73 Å². The number of halogens is 2. The van der Waals surface area contributed by atoms with Crippen LogP contribution in [0.4, 0.5) is 4.39 Å². The molecule has 3 heteroatoms. The number of benzene rings is 1. The van der Waals surface area contributed by atoms with Gasteiger partial charge in [0, 0.05) is 6.04 Å². The van der Waals surface area contributed by atoms with E-state index in [1.165, 1.54) is 31.7 Å². The Morgan fingerprint density at radius 3 is 2.89 bits per heavy atom. The molecule has 0 amide bonds. The van der Waals surface area contributed by atoms with Gasteiger partial charge >= 0.3 is 0 Å². The monoisotopic (exact) mass is 269 g/mol. The highest BCUT2D eigenvalue weighted by Crippen LogP contribution is 2.31. The molecule has 3 unspecified atom stereocenters. The third kappa shape index (κ3) is 3.46. The van der Waals surface area contributed by atoms with Crippen molar-refractivity contribution in [2.45, 2.75) is 45.1 Å². The molecule has 1 fully saturated rings.